The molecule has 3 N–H and O–H groups in total. The summed E-state index contributed by atoms with van der Waals surface area (Å²) in [7, 11) is 0. The lowest BCUT2D eigenvalue weighted by Gasteiger charge is -2.11. The van der Waals surface area contributed by atoms with Crippen LogP contribution in [-0.2, 0) is 0 Å². The molecule has 0 radical (unpaired) electrons. The Balaban J connectivity index is 2.40. The van der Waals surface area contributed by atoms with Crippen LogP contribution in [-0.4, -0.2) is 9.97 Å². The summed E-state index contributed by atoms with van der Waals surface area (Å²) in [6.45, 7) is 0. The van der Waals surface area contributed by atoms with Gasteiger partial charge in [-0.3, -0.25) is 4.98 Å². The first-order chi connectivity index (χ1) is 8.58. The molecule has 92 valence electrons. The van der Waals surface area contributed by atoms with Gasteiger partial charge in [0.1, 0.15) is 10.7 Å². The second kappa shape index (κ2) is 5.65. The first-order valence-corrected chi connectivity index (χ1v) is 6.63. The maximum absolute atomic E-state index is 5.96. The van der Waals surface area contributed by atoms with Crippen molar-refractivity contribution in [1.82, 2.24) is 4.98 Å². The van der Waals surface area contributed by atoms with E-state index in [1.807, 2.05) is 24.3 Å². The van der Waals surface area contributed by atoms with E-state index in [1.54, 1.807) is 12.3 Å². The Labute approximate surface area is 123 Å². The molecular formula is C12H9BrClN3S. The van der Waals surface area contributed by atoms with Gasteiger partial charge in [0.25, 0.3) is 0 Å². The van der Waals surface area contributed by atoms with Gasteiger partial charge in [-0.1, -0.05) is 23.8 Å². The number of halogens is 2. The van der Waals surface area contributed by atoms with Crippen molar-refractivity contribution >= 4 is 56.1 Å². The smallest absolute Gasteiger partial charge is 0.124 e. The third kappa shape index (κ3) is 2.98. The molecule has 0 fully saturated rings. The first-order valence-electron chi connectivity index (χ1n) is 5.05. The normalized spacial score (nSPS) is 10.1. The Kier molecular flexibility index (Phi) is 4.16. The number of nitrogens with zero attached hydrogens (tertiary/aromatic N) is 1. The van der Waals surface area contributed by atoms with Crippen LogP contribution in [0.2, 0.25) is 5.02 Å². The fraction of sp³-hybridized carbons (Fsp3) is 0. The van der Waals surface area contributed by atoms with E-state index in [4.69, 9.17) is 29.6 Å². The molecule has 3 nitrogen and oxygen atoms in total. The summed E-state index contributed by atoms with van der Waals surface area (Å²) in [6, 6.07) is 9.13. The Hall–Kier alpha value is -1.17. The van der Waals surface area contributed by atoms with Gasteiger partial charge in [0, 0.05) is 15.7 Å². The molecule has 0 saturated heterocycles. The molecule has 0 spiro atoms. The van der Waals surface area contributed by atoms with Crippen LogP contribution in [0.3, 0.4) is 0 Å². The van der Waals surface area contributed by atoms with Crippen molar-refractivity contribution in [3.05, 3.63) is 51.7 Å². The SMILES string of the molecule is NC(=S)c1ncccc1Nc1cc(Cl)ccc1Br. The zero-order chi connectivity index (χ0) is 13.1. The average molecular weight is 343 g/mol. The first kappa shape index (κ1) is 13.3. The molecule has 2 rings (SSSR count). The second-order valence-corrected chi connectivity index (χ2v) is 5.24. The third-order valence-electron chi connectivity index (χ3n) is 2.24. The van der Waals surface area contributed by atoms with Gasteiger partial charge < -0.3 is 11.1 Å². The lowest BCUT2D eigenvalue weighted by atomic mass is 10.2. The largest absolute Gasteiger partial charge is 0.388 e. The fourth-order valence-corrected chi connectivity index (χ4v) is 2.12. The van der Waals surface area contributed by atoms with Crippen molar-refractivity contribution < 1.29 is 0 Å². The van der Waals surface area contributed by atoms with Gasteiger partial charge in [-0.05, 0) is 46.3 Å². The van der Waals surface area contributed by atoms with Gasteiger partial charge in [0.05, 0.1) is 11.4 Å². The summed E-state index contributed by atoms with van der Waals surface area (Å²) in [6.07, 6.45) is 1.65. The predicted octanol–water partition coefficient (Wildman–Crippen LogP) is 3.88. The minimum absolute atomic E-state index is 0.247. The number of nitrogens with two attached hydrogens (primary N) is 1. The van der Waals surface area contributed by atoms with E-state index in [2.05, 4.69) is 26.2 Å². The van der Waals surface area contributed by atoms with E-state index in [-0.39, 0.29) is 4.99 Å². The maximum Gasteiger partial charge on any atom is 0.124 e. The monoisotopic (exact) mass is 341 g/mol. The number of hydrogen-bond donors (Lipinski definition) is 2. The van der Waals surface area contributed by atoms with Gasteiger partial charge in [0.15, 0.2) is 0 Å². The van der Waals surface area contributed by atoms with Crippen molar-refractivity contribution in [2.75, 3.05) is 5.32 Å². The molecule has 1 aromatic carbocycles. The van der Waals surface area contributed by atoms with Crippen molar-refractivity contribution in [3.63, 3.8) is 0 Å². The maximum atomic E-state index is 5.96. The van der Waals surface area contributed by atoms with Crippen LogP contribution in [0, 0.1) is 0 Å². The number of anilines is 2. The summed E-state index contributed by atoms with van der Waals surface area (Å²) in [5, 5.41) is 3.84. The molecule has 18 heavy (non-hydrogen) atoms. The van der Waals surface area contributed by atoms with E-state index >= 15 is 0 Å². The minimum atomic E-state index is 0.247. The summed E-state index contributed by atoms with van der Waals surface area (Å²) >= 11 is 14.4. The van der Waals surface area contributed by atoms with Crippen LogP contribution in [0.4, 0.5) is 11.4 Å². The highest BCUT2D eigenvalue weighted by Crippen LogP contribution is 2.29. The highest BCUT2D eigenvalue weighted by Gasteiger charge is 2.08. The van der Waals surface area contributed by atoms with Crippen molar-refractivity contribution in [1.29, 1.82) is 0 Å². The van der Waals surface area contributed by atoms with E-state index in [9.17, 15) is 0 Å². The molecule has 0 bridgehead atoms. The van der Waals surface area contributed by atoms with Gasteiger partial charge >= 0.3 is 0 Å². The van der Waals surface area contributed by atoms with Crippen LogP contribution in [0.25, 0.3) is 0 Å². The summed E-state index contributed by atoms with van der Waals surface area (Å²) in [5.74, 6) is 0. The number of rotatable bonds is 3. The van der Waals surface area contributed by atoms with E-state index < -0.39 is 0 Å². The molecule has 6 heteroatoms. The molecule has 0 saturated carbocycles. The molecule has 0 aliphatic carbocycles. The molecule has 0 aliphatic rings. The number of aromatic nitrogens is 1. The zero-order valence-electron chi connectivity index (χ0n) is 9.15. The molecule has 0 atom stereocenters. The van der Waals surface area contributed by atoms with Crippen LogP contribution >= 0.6 is 39.7 Å². The van der Waals surface area contributed by atoms with Crippen molar-refractivity contribution in [3.8, 4) is 0 Å². The molecule has 1 aromatic heterocycles. The molecule has 2 aromatic rings. The lowest BCUT2D eigenvalue weighted by Crippen LogP contribution is -2.13. The average Bonchev–Trinajstić information content (AvgIpc) is 2.34. The van der Waals surface area contributed by atoms with Gasteiger partial charge in [-0.15, -0.1) is 0 Å². The number of thiocarbonyl (C=S) groups is 1. The van der Waals surface area contributed by atoms with Crippen LogP contribution in [0.1, 0.15) is 5.69 Å². The van der Waals surface area contributed by atoms with Gasteiger partial charge in [-0.25, -0.2) is 0 Å². The highest BCUT2D eigenvalue weighted by molar-refractivity contribution is 9.10. The minimum Gasteiger partial charge on any atom is -0.388 e. The van der Waals surface area contributed by atoms with Crippen LogP contribution < -0.4 is 11.1 Å². The third-order valence-corrected chi connectivity index (χ3v) is 3.36. The van der Waals surface area contributed by atoms with E-state index in [0.29, 0.717) is 10.7 Å². The molecule has 0 amide bonds. The fourth-order valence-electron chi connectivity index (χ4n) is 1.44. The predicted molar refractivity (Wildman–Crippen MR) is 82.6 cm³/mol. The van der Waals surface area contributed by atoms with E-state index in [0.717, 1.165) is 15.8 Å². The highest BCUT2D eigenvalue weighted by atomic mass is 79.9. The summed E-state index contributed by atoms with van der Waals surface area (Å²) < 4.78 is 0.893. The number of nitrogens with one attached hydrogen (secondary N) is 1. The topological polar surface area (TPSA) is 50.9 Å². The molecule has 1 heterocycles. The van der Waals surface area contributed by atoms with Gasteiger partial charge in [0.2, 0.25) is 0 Å². The van der Waals surface area contributed by atoms with Crippen molar-refractivity contribution in [2.24, 2.45) is 5.73 Å². The number of hydrogen-bond acceptors (Lipinski definition) is 3. The summed E-state index contributed by atoms with van der Waals surface area (Å²) in [5.41, 5.74) is 7.75. The van der Waals surface area contributed by atoms with Crippen LogP contribution in [0.15, 0.2) is 41.0 Å². The Morgan fingerprint density at radius 2 is 2.11 bits per heavy atom. The molecular weight excluding hydrogens is 334 g/mol. The number of benzene rings is 1. The Bertz CT molecular complexity index is 604. The zero-order valence-corrected chi connectivity index (χ0v) is 12.3. The molecule has 0 unspecified atom stereocenters. The Morgan fingerprint density at radius 1 is 1.33 bits per heavy atom. The Morgan fingerprint density at radius 3 is 2.83 bits per heavy atom. The van der Waals surface area contributed by atoms with Crippen LogP contribution in [0.5, 0.6) is 0 Å². The number of pyridine rings is 1. The lowest BCUT2D eigenvalue weighted by molar-refractivity contribution is 1.28. The van der Waals surface area contributed by atoms with E-state index in [1.165, 1.54) is 0 Å². The van der Waals surface area contributed by atoms with Gasteiger partial charge in [-0.2, -0.15) is 0 Å². The quantitative estimate of drug-likeness (QED) is 0.831. The second-order valence-electron chi connectivity index (χ2n) is 3.51. The molecule has 0 aliphatic heterocycles. The summed E-state index contributed by atoms with van der Waals surface area (Å²) in [4.78, 5) is 4.40. The van der Waals surface area contributed by atoms with Crippen molar-refractivity contribution in [2.45, 2.75) is 0 Å². The standard InChI is InChI=1S/C12H9BrClN3S/c13-8-4-3-7(14)6-10(8)17-9-2-1-5-16-11(9)12(15)18/h1-6,17H,(H2,15,18).